The molecule has 1 aliphatic rings. The van der Waals surface area contributed by atoms with Crippen LogP contribution in [0, 0.1) is 5.92 Å². The number of anilines is 1. The molecule has 1 fully saturated rings. The minimum Gasteiger partial charge on any atom is -0.345 e. The summed E-state index contributed by atoms with van der Waals surface area (Å²) in [6.45, 7) is 1.45. The molecule has 2 aromatic carbocycles. The first-order chi connectivity index (χ1) is 12.0. The third-order valence-electron chi connectivity index (χ3n) is 4.60. The number of rotatable bonds is 5. The number of nitrogens with one attached hydrogen (secondary N) is 2. The lowest BCUT2D eigenvalue weighted by Crippen LogP contribution is -2.36. The Bertz CT molecular complexity index is 752. The maximum Gasteiger partial charge on any atom is 0.251 e. The molecule has 130 valence electrons. The molecule has 25 heavy (non-hydrogen) atoms. The highest BCUT2D eigenvalue weighted by Gasteiger charge is 2.30. The number of halogens is 1. The standard InChI is InChI=1S/C20H21ClN2O2/c1-13(24)22-18-11-7-16(8-12-18)20(25)23-19(14-3-2-4-14)15-5-9-17(21)10-6-15/h5-12,14,19H,2-4H2,1H3,(H,22,24)(H,23,25). The van der Waals surface area contributed by atoms with E-state index in [1.807, 2.05) is 24.3 Å². The van der Waals surface area contributed by atoms with Gasteiger partial charge in [0.2, 0.25) is 5.91 Å². The molecule has 4 nitrogen and oxygen atoms in total. The molecule has 2 aromatic rings. The lowest BCUT2D eigenvalue weighted by Gasteiger charge is -2.34. The second kappa shape index (κ2) is 7.70. The zero-order chi connectivity index (χ0) is 17.8. The lowest BCUT2D eigenvalue weighted by molar-refractivity contribution is -0.114. The van der Waals surface area contributed by atoms with E-state index in [0.29, 0.717) is 22.2 Å². The Morgan fingerprint density at radius 3 is 2.20 bits per heavy atom. The molecule has 0 bridgehead atoms. The molecule has 0 aromatic heterocycles. The fourth-order valence-electron chi connectivity index (χ4n) is 3.05. The number of amides is 2. The minimum absolute atomic E-state index is 0.00598. The van der Waals surface area contributed by atoms with Crippen molar-refractivity contribution in [2.75, 3.05) is 5.32 Å². The summed E-state index contributed by atoms with van der Waals surface area (Å²) in [4.78, 5) is 23.7. The van der Waals surface area contributed by atoms with Crippen molar-refractivity contribution in [2.24, 2.45) is 5.92 Å². The summed E-state index contributed by atoms with van der Waals surface area (Å²) in [5.41, 5.74) is 2.34. The van der Waals surface area contributed by atoms with Crippen LogP contribution < -0.4 is 10.6 Å². The first-order valence-electron chi connectivity index (χ1n) is 8.47. The first kappa shape index (κ1) is 17.5. The Labute approximate surface area is 152 Å². The van der Waals surface area contributed by atoms with Crippen molar-refractivity contribution in [3.63, 3.8) is 0 Å². The Morgan fingerprint density at radius 1 is 1.04 bits per heavy atom. The van der Waals surface area contributed by atoms with Crippen molar-refractivity contribution in [1.29, 1.82) is 0 Å². The van der Waals surface area contributed by atoms with E-state index in [2.05, 4.69) is 10.6 Å². The van der Waals surface area contributed by atoms with E-state index in [-0.39, 0.29) is 17.9 Å². The van der Waals surface area contributed by atoms with E-state index in [1.54, 1.807) is 24.3 Å². The number of carbonyl (C=O) groups excluding carboxylic acids is 2. The van der Waals surface area contributed by atoms with Crippen molar-refractivity contribution in [3.05, 3.63) is 64.7 Å². The Kier molecular flexibility index (Phi) is 5.39. The summed E-state index contributed by atoms with van der Waals surface area (Å²) in [5.74, 6) is 0.218. The molecule has 2 N–H and O–H groups in total. The fraction of sp³-hybridized carbons (Fsp3) is 0.300. The zero-order valence-corrected chi connectivity index (χ0v) is 14.8. The third-order valence-corrected chi connectivity index (χ3v) is 4.86. The molecule has 0 spiro atoms. The predicted octanol–water partition coefficient (Wildman–Crippen LogP) is 4.57. The van der Waals surface area contributed by atoms with Crippen LogP contribution in [0.15, 0.2) is 48.5 Å². The molecule has 5 heteroatoms. The van der Waals surface area contributed by atoms with Crippen LogP contribution in [0.2, 0.25) is 5.02 Å². The highest BCUT2D eigenvalue weighted by Crippen LogP contribution is 2.38. The molecule has 3 rings (SSSR count). The van der Waals surface area contributed by atoms with Gasteiger partial charge in [-0.3, -0.25) is 9.59 Å². The van der Waals surface area contributed by atoms with Crippen LogP contribution in [0.1, 0.15) is 48.1 Å². The van der Waals surface area contributed by atoms with Gasteiger partial charge in [-0.2, -0.15) is 0 Å². The number of carbonyl (C=O) groups is 2. The van der Waals surface area contributed by atoms with E-state index >= 15 is 0 Å². The topological polar surface area (TPSA) is 58.2 Å². The summed E-state index contributed by atoms with van der Waals surface area (Å²) >= 11 is 5.98. The fourth-order valence-corrected chi connectivity index (χ4v) is 3.18. The van der Waals surface area contributed by atoms with Crippen molar-refractivity contribution in [3.8, 4) is 0 Å². The van der Waals surface area contributed by atoms with E-state index in [4.69, 9.17) is 11.6 Å². The third kappa shape index (κ3) is 4.40. The van der Waals surface area contributed by atoms with Gasteiger partial charge >= 0.3 is 0 Å². The van der Waals surface area contributed by atoms with Crippen molar-refractivity contribution < 1.29 is 9.59 Å². The number of hydrogen-bond acceptors (Lipinski definition) is 2. The van der Waals surface area contributed by atoms with Gasteiger partial charge in [0.25, 0.3) is 5.91 Å². The average molecular weight is 357 g/mol. The summed E-state index contributed by atoms with van der Waals surface area (Å²) < 4.78 is 0. The molecule has 0 heterocycles. The van der Waals surface area contributed by atoms with Gasteiger partial charge in [0, 0.05) is 23.2 Å². The van der Waals surface area contributed by atoms with Crippen molar-refractivity contribution >= 4 is 29.1 Å². The SMILES string of the molecule is CC(=O)Nc1ccc(C(=O)NC(c2ccc(Cl)cc2)C2CCC2)cc1. The van der Waals surface area contributed by atoms with E-state index in [0.717, 1.165) is 18.4 Å². The van der Waals surface area contributed by atoms with Gasteiger partial charge in [-0.05, 0) is 60.7 Å². The summed E-state index contributed by atoms with van der Waals surface area (Å²) in [5, 5.41) is 6.55. The van der Waals surface area contributed by atoms with E-state index in [9.17, 15) is 9.59 Å². The normalized spacial score (nSPS) is 15.1. The quantitative estimate of drug-likeness (QED) is 0.824. The van der Waals surface area contributed by atoms with Gasteiger partial charge in [0.15, 0.2) is 0 Å². The Balaban J connectivity index is 1.73. The Morgan fingerprint density at radius 2 is 1.68 bits per heavy atom. The zero-order valence-electron chi connectivity index (χ0n) is 14.1. The van der Waals surface area contributed by atoms with Crippen LogP contribution >= 0.6 is 11.6 Å². The van der Waals surface area contributed by atoms with Gasteiger partial charge < -0.3 is 10.6 Å². The Hall–Kier alpha value is -2.33. The maximum absolute atomic E-state index is 12.6. The highest BCUT2D eigenvalue weighted by molar-refractivity contribution is 6.30. The molecular formula is C20H21ClN2O2. The molecule has 0 radical (unpaired) electrons. The smallest absolute Gasteiger partial charge is 0.251 e. The van der Waals surface area contributed by atoms with Gasteiger partial charge in [-0.1, -0.05) is 30.2 Å². The average Bonchev–Trinajstić information content (AvgIpc) is 2.53. The van der Waals surface area contributed by atoms with Crippen LogP contribution in [-0.2, 0) is 4.79 Å². The summed E-state index contributed by atoms with van der Waals surface area (Å²) in [7, 11) is 0. The number of hydrogen-bond donors (Lipinski definition) is 2. The van der Waals surface area contributed by atoms with Gasteiger partial charge in [0.05, 0.1) is 6.04 Å². The highest BCUT2D eigenvalue weighted by atomic mass is 35.5. The molecule has 1 aliphatic carbocycles. The van der Waals surface area contributed by atoms with E-state index in [1.165, 1.54) is 13.3 Å². The van der Waals surface area contributed by atoms with Crippen molar-refractivity contribution in [2.45, 2.75) is 32.2 Å². The summed E-state index contributed by atoms with van der Waals surface area (Å²) in [6, 6.07) is 14.6. The molecule has 0 saturated heterocycles. The maximum atomic E-state index is 12.6. The van der Waals surface area contributed by atoms with Crippen LogP contribution in [0.4, 0.5) is 5.69 Å². The molecule has 1 unspecified atom stereocenters. The van der Waals surface area contributed by atoms with Gasteiger partial charge in [-0.15, -0.1) is 0 Å². The predicted molar refractivity (Wildman–Crippen MR) is 99.7 cm³/mol. The molecule has 2 amide bonds. The molecule has 1 saturated carbocycles. The lowest BCUT2D eigenvalue weighted by atomic mass is 9.77. The second-order valence-corrected chi connectivity index (χ2v) is 6.89. The monoisotopic (exact) mass is 356 g/mol. The van der Waals surface area contributed by atoms with Crippen LogP contribution in [0.5, 0.6) is 0 Å². The van der Waals surface area contributed by atoms with E-state index < -0.39 is 0 Å². The van der Waals surface area contributed by atoms with Crippen LogP contribution in [0.25, 0.3) is 0 Å². The van der Waals surface area contributed by atoms with Gasteiger partial charge in [0.1, 0.15) is 0 Å². The molecule has 1 atom stereocenters. The molecule has 0 aliphatic heterocycles. The van der Waals surface area contributed by atoms with Crippen LogP contribution in [-0.4, -0.2) is 11.8 Å². The molecular weight excluding hydrogens is 336 g/mol. The number of benzene rings is 2. The van der Waals surface area contributed by atoms with Crippen molar-refractivity contribution in [1.82, 2.24) is 5.32 Å². The largest absolute Gasteiger partial charge is 0.345 e. The second-order valence-electron chi connectivity index (χ2n) is 6.45. The summed E-state index contributed by atoms with van der Waals surface area (Å²) in [6.07, 6.45) is 3.44. The van der Waals surface area contributed by atoms with Gasteiger partial charge in [-0.25, -0.2) is 0 Å². The van der Waals surface area contributed by atoms with Crippen LogP contribution in [0.3, 0.4) is 0 Å². The minimum atomic E-state index is -0.134. The first-order valence-corrected chi connectivity index (χ1v) is 8.85.